The van der Waals surface area contributed by atoms with Crippen molar-refractivity contribution in [2.45, 2.75) is 101 Å². The van der Waals surface area contributed by atoms with Crippen LogP contribution in [0.4, 0.5) is 15.3 Å². The van der Waals surface area contributed by atoms with Gasteiger partial charge in [0.05, 0.1) is 22.7 Å². The van der Waals surface area contributed by atoms with E-state index in [0.29, 0.717) is 25.1 Å². The highest BCUT2D eigenvalue weighted by Crippen LogP contribution is 2.47. The summed E-state index contributed by atoms with van der Waals surface area (Å²) in [4.78, 5) is 60.2. The van der Waals surface area contributed by atoms with E-state index in [-0.39, 0.29) is 19.4 Å². The first-order valence-corrected chi connectivity index (χ1v) is 19.3. The van der Waals surface area contributed by atoms with Gasteiger partial charge in [-0.25, -0.2) is 23.0 Å². The molecule has 2 aliphatic heterocycles. The van der Waals surface area contributed by atoms with Crippen LogP contribution in [0.2, 0.25) is 0 Å². The molecule has 4 atom stereocenters. The summed E-state index contributed by atoms with van der Waals surface area (Å²) in [5.41, 5.74) is 1.68. The predicted octanol–water partition coefficient (Wildman–Crippen LogP) is 4.39. The Labute approximate surface area is 290 Å². The molecule has 2 aliphatic carbocycles. The second kappa shape index (κ2) is 13.7. The zero-order valence-corrected chi connectivity index (χ0v) is 29.7. The van der Waals surface area contributed by atoms with Crippen molar-refractivity contribution in [3.8, 4) is 10.6 Å². The van der Waals surface area contributed by atoms with Crippen molar-refractivity contribution in [2.24, 2.45) is 5.92 Å². The fraction of sp³-hybridized carbons (Fsp3) is 0.559. The molecule has 5 amide bonds. The van der Waals surface area contributed by atoms with Gasteiger partial charge in [0, 0.05) is 29.8 Å². The second-order valence-corrected chi connectivity index (χ2v) is 16.8. The quantitative estimate of drug-likeness (QED) is 0.306. The Hall–Kier alpha value is -3.98. The molecule has 0 bridgehead atoms. The Bertz CT molecular complexity index is 1770. The monoisotopic (exact) mass is 712 g/mol. The summed E-state index contributed by atoms with van der Waals surface area (Å²) in [5, 5.41) is 11.3. The van der Waals surface area contributed by atoms with Crippen molar-refractivity contribution < 1.29 is 32.3 Å². The smallest absolute Gasteiger partial charge is 0.411 e. The number of fused-ring (bicyclic) bond motifs is 2. The lowest BCUT2D eigenvalue weighted by molar-refractivity contribution is -0.131. The first-order chi connectivity index (χ1) is 23.3. The maximum atomic E-state index is 13.9. The Kier molecular flexibility index (Phi) is 9.77. The van der Waals surface area contributed by atoms with Crippen LogP contribution in [0.3, 0.4) is 0 Å². The average molecular weight is 713 g/mol. The van der Waals surface area contributed by atoms with E-state index in [1.807, 2.05) is 49.6 Å². The van der Waals surface area contributed by atoms with E-state index in [0.717, 1.165) is 53.9 Å². The zero-order chi connectivity index (χ0) is 35.0. The Morgan fingerprint density at radius 3 is 2.71 bits per heavy atom. The van der Waals surface area contributed by atoms with Crippen LogP contribution in [0.1, 0.15) is 76.5 Å². The van der Waals surface area contributed by atoms with Gasteiger partial charge < -0.3 is 20.3 Å². The van der Waals surface area contributed by atoms with Gasteiger partial charge in [0.2, 0.25) is 15.9 Å². The summed E-state index contributed by atoms with van der Waals surface area (Å²) < 4.78 is 33.0. The fourth-order valence-corrected chi connectivity index (χ4v) is 8.63. The van der Waals surface area contributed by atoms with Crippen molar-refractivity contribution in [3.63, 3.8) is 0 Å². The number of aromatic nitrogens is 1. The van der Waals surface area contributed by atoms with E-state index in [4.69, 9.17) is 4.74 Å². The molecule has 6 rings (SSSR count). The van der Waals surface area contributed by atoms with Gasteiger partial charge in [-0.15, -0.1) is 11.3 Å². The molecule has 2 aromatic rings. The van der Waals surface area contributed by atoms with Crippen molar-refractivity contribution >= 4 is 51.0 Å². The number of aryl methyl sites for hydroxylation is 2. The lowest BCUT2D eigenvalue weighted by Crippen LogP contribution is -2.57. The molecule has 13 nitrogen and oxygen atoms in total. The van der Waals surface area contributed by atoms with Crippen molar-refractivity contribution in [3.05, 3.63) is 47.0 Å². The normalized spacial score (nSPS) is 26.6. The number of anilines is 1. The molecule has 0 radical (unpaired) electrons. The van der Waals surface area contributed by atoms with Gasteiger partial charge in [0.1, 0.15) is 22.7 Å². The lowest BCUT2D eigenvalue weighted by atomic mass is 10.1. The molecule has 0 spiro atoms. The van der Waals surface area contributed by atoms with Crippen molar-refractivity contribution in [1.29, 1.82) is 0 Å². The van der Waals surface area contributed by atoms with Gasteiger partial charge in [-0.2, -0.15) is 0 Å². The predicted molar refractivity (Wildman–Crippen MR) is 185 cm³/mol. The van der Waals surface area contributed by atoms with Gasteiger partial charge in [0.25, 0.3) is 5.91 Å². The number of carbonyl (C=O) groups is 4. The third-order valence-electron chi connectivity index (χ3n) is 9.94. The largest absolute Gasteiger partial charge is 0.444 e. The first-order valence-electron chi connectivity index (χ1n) is 17.0. The molecule has 1 aromatic carbocycles. The van der Waals surface area contributed by atoms with Gasteiger partial charge in [-0.05, 0) is 76.5 Å². The number of urea groups is 1. The molecule has 1 saturated heterocycles. The number of sulfonamides is 1. The van der Waals surface area contributed by atoms with E-state index in [2.05, 4.69) is 25.7 Å². The zero-order valence-electron chi connectivity index (χ0n) is 28.0. The molecule has 264 valence electrons. The highest BCUT2D eigenvalue weighted by atomic mass is 32.2. The van der Waals surface area contributed by atoms with E-state index in [1.165, 1.54) is 16.2 Å². The molecule has 3 heterocycles. The maximum Gasteiger partial charge on any atom is 0.411 e. The van der Waals surface area contributed by atoms with Gasteiger partial charge >= 0.3 is 12.1 Å². The number of hydrogen-bond acceptors (Lipinski definition) is 9. The summed E-state index contributed by atoms with van der Waals surface area (Å²) in [5.74, 6) is -1.80. The van der Waals surface area contributed by atoms with Crippen LogP contribution in [-0.2, 0) is 30.8 Å². The molecule has 1 aromatic heterocycles. The van der Waals surface area contributed by atoms with Crippen LogP contribution in [-0.4, -0.2) is 77.8 Å². The Morgan fingerprint density at radius 1 is 1.18 bits per heavy atom. The molecule has 4 N–H and O–H groups in total. The third-order valence-corrected chi connectivity index (χ3v) is 13.0. The number of thiazole rings is 1. The lowest BCUT2D eigenvalue weighted by Gasteiger charge is -2.27. The van der Waals surface area contributed by atoms with Crippen LogP contribution in [0.15, 0.2) is 35.7 Å². The number of nitrogens with one attached hydrogen (secondary N) is 4. The third kappa shape index (κ3) is 7.47. The standard InChI is InChI=1S/C34H44N6O7S2/c1-4-23-20-48-29(36-23)25-12-11-21(2)16-26(25)37-32(44)47-24-17-27-28(41)38-34(30(42)39-49(45,46)33(3)13-14-33)18-22(34)10-8-6-5-7-9-15-35-31(43)40(27)19-24/h8,10-12,16,20,22,24,27H,4-7,9,13-15,17-19H2,1-3H3,(H,35,43)(H,37,44)(H,38,41)(H,39,42). The number of allylic oxidation sites excluding steroid dienone is 1. The minimum Gasteiger partial charge on any atom is -0.444 e. The molecule has 4 aliphatic rings. The number of ether oxygens (including phenoxy) is 1. The first kappa shape index (κ1) is 34.9. The Morgan fingerprint density at radius 2 is 1.98 bits per heavy atom. The summed E-state index contributed by atoms with van der Waals surface area (Å²) in [6.45, 7) is 5.90. The van der Waals surface area contributed by atoms with E-state index < -0.39 is 62.3 Å². The van der Waals surface area contributed by atoms with Crippen LogP contribution in [0.5, 0.6) is 0 Å². The van der Waals surface area contributed by atoms with Crippen molar-refractivity contribution in [2.75, 3.05) is 18.4 Å². The summed E-state index contributed by atoms with van der Waals surface area (Å²) in [6.07, 6.45) is 7.43. The van der Waals surface area contributed by atoms with E-state index in [9.17, 15) is 27.6 Å². The number of nitrogens with zero attached hydrogens (tertiary/aromatic N) is 2. The summed E-state index contributed by atoms with van der Waals surface area (Å²) in [6, 6.07) is 4.12. The van der Waals surface area contributed by atoms with Crippen LogP contribution in [0, 0.1) is 12.8 Å². The molecule has 15 heteroatoms. The molecule has 3 fully saturated rings. The highest BCUT2D eigenvalue weighted by molar-refractivity contribution is 7.91. The average Bonchev–Trinajstić information content (AvgIpc) is 3.83. The maximum absolute atomic E-state index is 13.9. The molecule has 2 saturated carbocycles. The molecular formula is C34H44N6O7S2. The number of amides is 5. The molecule has 49 heavy (non-hydrogen) atoms. The molecular weight excluding hydrogens is 669 g/mol. The molecule has 4 unspecified atom stereocenters. The SMILES string of the molecule is CCc1csc(-c2ccc(C)cc2NC(=O)OC2CC3C(=O)NC4(C(=O)NS(=O)(=O)C5(C)CC5)CC4C=CCCCCCNC(=O)N3C2)n1. The van der Waals surface area contributed by atoms with Gasteiger partial charge in [0.15, 0.2) is 0 Å². The fourth-order valence-electron chi connectivity index (χ4n) is 6.38. The van der Waals surface area contributed by atoms with Crippen LogP contribution < -0.4 is 20.7 Å². The second-order valence-electron chi connectivity index (χ2n) is 13.8. The number of carbonyl (C=O) groups excluding carboxylic acids is 4. The van der Waals surface area contributed by atoms with E-state index in [1.54, 1.807) is 6.92 Å². The number of benzene rings is 1. The number of rotatable bonds is 7. The van der Waals surface area contributed by atoms with Gasteiger partial charge in [-0.1, -0.05) is 31.6 Å². The van der Waals surface area contributed by atoms with Gasteiger partial charge in [-0.3, -0.25) is 19.6 Å². The Balaban J connectivity index is 1.19. The topological polar surface area (TPSA) is 176 Å². The van der Waals surface area contributed by atoms with Crippen molar-refractivity contribution in [1.82, 2.24) is 25.2 Å². The summed E-state index contributed by atoms with van der Waals surface area (Å²) in [7, 11) is -3.95. The van der Waals surface area contributed by atoms with E-state index >= 15 is 0 Å². The minimum atomic E-state index is -3.95. The highest BCUT2D eigenvalue weighted by Gasteiger charge is 2.63. The number of hydrogen-bond donors (Lipinski definition) is 4. The summed E-state index contributed by atoms with van der Waals surface area (Å²) >= 11 is 1.48. The van der Waals surface area contributed by atoms with Crippen LogP contribution in [0.25, 0.3) is 10.6 Å². The van der Waals surface area contributed by atoms with Crippen LogP contribution >= 0.6 is 11.3 Å². The minimum absolute atomic E-state index is 0.00569.